The Hall–Kier alpha value is -1.52. The Morgan fingerprint density at radius 3 is 2.80 bits per heavy atom. The van der Waals surface area contributed by atoms with E-state index in [-0.39, 0.29) is 5.91 Å². The molecule has 2 aromatic carbocycles. The molecule has 0 saturated heterocycles. The summed E-state index contributed by atoms with van der Waals surface area (Å²) in [6, 6.07) is 12.6. The van der Waals surface area contributed by atoms with Crippen LogP contribution in [0.4, 0.5) is 5.69 Å². The third-order valence-electron chi connectivity index (χ3n) is 2.75. The lowest BCUT2D eigenvalue weighted by atomic mass is 10.1. The summed E-state index contributed by atoms with van der Waals surface area (Å²) in [5, 5.41) is 2.83. The molecule has 0 saturated carbocycles. The van der Waals surface area contributed by atoms with E-state index in [1.54, 1.807) is 31.4 Å². The summed E-state index contributed by atoms with van der Waals surface area (Å²) in [5.74, 6) is 0.782. The first-order valence-electron chi connectivity index (χ1n) is 5.94. The maximum Gasteiger partial charge on any atom is 0.255 e. The zero-order valence-corrected chi connectivity index (χ0v) is 13.2. The number of amides is 1. The third kappa shape index (κ3) is 3.52. The van der Waals surface area contributed by atoms with Crippen LogP contribution in [0.3, 0.4) is 0 Å². The number of alkyl halides is 1. The lowest BCUT2D eigenvalue weighted by molar-refractivity contribution is 0.102. The molecule has 0 heterocycles. The van der Waals surface area contributed by atoms with Gasteiger partial charge in [-0.3, -0.25) is 4.79 Å². The van der Waals surface area contributed by atoms with Crippen LogP contribution in [0.25, 0.3) is 0 Å². The maximum atomic E-state index is 12.2. The highest BCUT2D eigenvalue weighted by atomic mass is 79.9. The predicted octanol–water partition coefficient (Wildman–Crippen LogP) is 4.45. The van der Waals surface area contributed by atoms with Gasteiger partial charge in [0.25, 0.3) is 5.91 Å². The molecule has 0 aliphatic carbocycles. The second-order valence-corrected chi connectivity index (χ2v) is 5.32. The van der Waals surface area contributed by atoms with Crippen LogP contribution >= 0.6 is 27.5 Å². The molecule has 0 spiro atoms. The monoisotopic (exact) mass is 353 g/mol. The van der Waals surface area contributed by atoms with Crippen LogP contribution in [0.2, 0.25) is 0 Å². The first kappa shape index (κ1) is 14.9. The van der Waals surface area contributed by atoms with Crippen LogP contribution in [0, 0.1) is 0 Å². The normalized spacial score (nSPS) is 10.2. The summed E-state index contributed by atoms with van der Waals surface area (Å²) >= 11 is 9.14. The summed E-state index contributed by atoms with van der Waals surface area (Å²) in [6.45, 7) is 0. The number of ether oxygens (including phenoxy) is 1. The molecule has 1 N–H and O–H groups in total. The Morgan fingerprint density at radius 2 is 2.10 bits per heavy atom. The second-order valence-electron chi connectivity index (χ2n) is 4.13. The van der Waals surface area contributed by atoms with Gasteiger partial charge in [0, 0.05) is 15.9 Å². The van der Waals surface area contributed by atoms with Crippen LogP contribution in [0.5, 0.6) is 5.75 Å². The van der Waals surface area contributed by atoms with E-state index in [9.17, 15) is 4.79 Å². The molecule has 1 amide bonds. The van der Waals surface area contributed by atoms with Gasteiger partial charge >= 0.3 is 0 Å². The summed E-state index contributed by atoms with van der Waals surface area (Å²) in [4.78, 5) is 12.2. The maximum absolute atomic E-state index is 12.2. The minimum absolute atomic E-state index is 0.201. The molecule has 0 fully saturated rings. The summed E-state index contributed by atoms with van der Waals surface area (Å²) in [5.41, 5.74) is 2.08. The average Bonchev–Trinajstić information content (AvgIpc) is 2.47. The summed E-state index contributed by atoms with van der Waals surface area (Å²) in [7, 11) is 1.56. The van der Waals surface area contributed by atoms with Crippen LogP contribution < -0.4 is 10.1 Å². The van der Waals surface area contributed by atoms with Crippen molar-refractivity contribution in [3.05, 3.63) is 58.1 Å². The van der Waals surface area contributed by atoms with Gasteiger partial charge in [0.1, 0.15) is 5.75 Å². The van der Waals surface area contributed by atoms with E-state index < -0.39 is 0 Å². The van der Waals surface area contributed by atoms with Crippen LogP contribution in [0.1, 0.15) is 15.9 Å². The highest BCUT2D eigenvalue weighted by Crippen LogP contribution is 2.28. The first-order valence-corrected chi connectivity index (χ1v) is 7.26. The topological polar surface area (TPSA) is 38.3 Å². The summed E-state index contributed by atoms with van der Waals surface area (Å²) < 4.78 is 6.09. The molecule has 3 nitrogen and oxygen atoms in total. The molecule has 104 valence electrons. The highest BCUT2D eigenvalue weighted by Gasteiger charge is 2.10. The predicted molar refractivity (Wildman–Crippen MR) is 84.6 cm³/mol. The van der Waals surface area contributed by atoms with Gasteiger partial charge in [-0.25, -0.2) is 0 Å². The van der Waals surface area contributed by atoms with E-state index in [0.717, 1.165) is 10.0 Å². The number of benzene rings is 2. The largest absolute Gasteiger partial charge is 0.495 e. The van der Waals surface area contributed by atoms with Gasteiger partial charge in [0.05, 0.1) is 12.8 Å². The van der Waals surface area contributed by atoms with Gasteiger partial charge in [0.15, 0.2) is 0 Å². The lowest BCUT2D eigenvalue weighted by Gasteiger charge is -2.11. The molecular weight excluding hydrogens is 342 g/mol. The number of hydrogen-bond acceptors (Lipinski definition) is 2. The van der Waals surface area contributed by atoms with Gasteiger partial charge in [-0.1, -0.05) is 28.1 Å². The van der Waals surface area contributed by atoms with E-state index in [2.05, 4.69) is 21.2 Å². The number of hydrogen-bond donors (Lipinski definition) is 1. The second kappa shape index (κ2) is 6.77. The number of anilines is 1. The SMILES string of the molecule is COc1ccc(Br)cc1NC(=O)c1cccc(CCl)c1. The molecule has 0 aromatic heterocycles. The fourth-order valence-corrected chi connectivity index (χ4v) is 2.30. The zero-order valence-electron chi connectivity index (χ0n) is 10.8. The van der Waals surface area contributed by atoms with Crippen molar-refractivity contribution in [1.29, 1.82) is 0 Å². The Morgan fingerprint density at radius 1 is 1.30 bits per heavy atom. The molecule has 5 heteroatoms. The third-order valence-corrected chi connectivity index (χ3v) is 3.56. The Labute approximate surface area is 131 Å². The quantitative estimate of drug-likeness (QED) is 0.824. The Bertz CT molecular complexity index is 631. The van der Waals surface area contributed by atoms with Crippen molar-refractivity contribution >= 4 is 39.1 Å². The minimum Gasteiger partial charge on any atom is -0.495 e. The van der Waals surface area contributed by atoms with Crippen LogP contribution in [-0.4, -0.2) is 13.0 Å². The van der Waals surface area contributed by atoms with E-state index in [4.69, 9.17) is 16.3 Å². The molecule has 20 heavy (non-hydrogen) atoms. The van der Waals surface area contributed by atoms with Crippen molar-refractivity contribution in [3.63, 3.8) is 0 Å². The van der Waals surface area contributed by atoms with Crippen molar-refractivity contribution in [2.75, 3.05) is 12.4 Å². The Balaban J connectivity index is 2.25. The fraction of sp³-hybridized carbons (Fsp3) is 0.133. The molecule has 0 radical (unpaired) electrons. The van der Waals surface area contributed by atoms with E-state index in [1.807, 2.05) is 18.2 Å². The smallest absolute Gasteiger partial charge is 0.255 e. The van der Waals surface area contributed by atoms with Crippen molar-refractivity contribution in [2.24, 2.45) is 0 Å². The van der Waals surface area contributed by atoms with Crippen molar-refractivity contribution in [3.8, 4) is 5.75 Å². The lowest BCUT2D eigenvalue weighted by Crippen LogP contribution is -2.12. The minimum atomic E-state index is -0.201. The van der Waals surface area contributed by atoms with Crippen molar-refractivity contribution < 1.29 is 9.53 Å². The van der Waals surface area contributed by atoms with Crippen LogP contribution in [-0.2, 0) is 5.88 Å². The van der Waals surface area contributed by atoms with Gasteiger partial charge < -0.3 is 10.1 Å². The van der Waals surface area contributed by atoms with Gasteiger partial charge in [-0.2, -0.15) is 0 Å². The van der Waals surface area contributed by atoms with Gasteiger partial charge in [-0.05, 0) is 35.9 Å². The van der Waals surface area contributed by atoms with Gasteiger partial charge in [0.2, 0.25) is 0 Å². The molecule has 0 unspecified atom stereocenters. The van der Waals surface area contributed by atoms with E-state index in [1.165, 1.54) is 0 Å². The number of carbonyl (C=O) groups is 1. The van der Waals surface area contributed by atoms with Crippen LogP contribution in [0.15, 0.2) is 46.9 Å². The zero-order chi connectivity index (χ0) is 14.5. The van der Waals surface area contributed by atoms with E-state index in [0.29, 0.717) is 22.9 Å². The van der Waals surface area contributed by atoms with Crippen molar-refractivity contribution in [1.82, 2.24) is 0 Å². The number of halogens is 2. The molecule has 2 aromatic rings. The molecule has 0 atom stereocenters. The Kier molecular flexibility index (Phi) is 5.04. The molecule has 2 rings (SSSR count). The van der Waals surface area contributed by atoms with Gasteiger partial charge in [-0.15, -0.1) is 11.6 Å². The van der Waals surface area contributed by atoms with Crippen molar-refractivity contribution in [2.45, 2.75) is 5.88 Å². The highest BCUT2D eigenvalue weighted by molar-refractivity contribution is 9.10. The molecule has 0 aliphatic rings. The first-order chi connectivity index (χ1) is 9.63. The van der Waals surface area contributed by atoms with E-state index >= 15 is 0 Å². The fourth-order valence-electron chi connectivity index (χ4n) is 1.77. The average molecular weight is 355 g/mol. The standard InChI is InChI=1S/C15H13BrClNO2/c1-20-14-6-5-12(16)8-13(14)18-15(19)11-4-2-3-10(7-11)9-17/h2-8H,9H2,1H3,(H,18,19). The number of rotatable bonds is 4. The number of carbonyl (C=O) groups excluding carboxylic acids is 1. The molecule has 0 bridgehead atoms. The number of nitrogens with one attached hydrogen (secondary N) is 1. The summed E-state index contributed by atoms with van der Waals surface area (Å²) in [6.07, 6.45) is 0. The number of methoxy groups -OCH3 is 1. The molecule has 0 aliphatic heterocycles. The molecular formula is C15H13BrClNO2.